The summed E-state index contributed by atoms with van der Waals surface area (Å²) in [6, 6.07) is 1.88. The Kier molecular flexibility index (Phi) is 2.46. The molecule has 0 aromatic carbocycles. The van der Waals surface area contributed by atoms with Crippen molar-refractivity contribution in [3.8, 4) is 0 Å². The van der Waals surface area contributed by atoms with E-state index in [9.17, 15) is 0 Å². The predicted molar refractivity (Wildman–Crippen MR) is 63.2 cm³/mol. The molecule has 3 nitrogen and oxygen atoms in total. The van der Waals surface area contributed by atoms with E-state index in [-0.39, 0.29) is 0 Å². The van der Waals surface area contributed by atoms with Crippen LogP contribution in [0.25, 0.3) is 5.70 Å². The van der Waals surface area contributed by atoms with Crippen molar-refractivity contribution >= 4 is 11.5 Å². The molecule has 1 aliphatic carbocycles. The lowest BCUT2D eigenvalue weighted by atomic mass is 10.2. The van der Waals surface area contributed by atoms with Crippen LogP contribution in [-0.2, 0) is 0 Å². The number of allylic oxidation sites excluding steroid dienone is 6. The predicted octanol–water partition coefficient (Wildman–Crippen LogP) is 2.52. The number of hydrogen-bond acceptors (Lipinski definition) is 2. The molecule has 0 atom stereocenters. The van der Waals surface area contributed by atoms with Crippen molar-refractivity contribution in [2.24, 2.45) is 0 Å². The molecule has 0 bridgehead atoms. The zero-order chi connectivity index (χ0) is 10.8. The van der Waals surface area contributed by atoms with E-state index in [0.29, 0.717) is 5.82 Å². The normalized spacial score (nSPS) is 15.9. The van der Waals surface area contributed by atoms with E-state index < -0.39 is 0 Å². The van der Waals surface area contributed by atoms with Gasteiger partial charge in [0.05, 0.1) is 11.4 Å². The number of aryl methyl sites for hydroxylation is 1. The third-order valence-electron chi connectivity index (χ3n) is 2.41. The van der Waals surface area contributed by atoms with E-state index in [1.54, 1.807) is 4.68 Å². The van der Waals surface area contributed by atoms with Crippen LogP contribution < -0.4 is 5.73 Å². The molecule has 0 radical (unpaired) electrons. The van der Waals surface area contributed by atoms with Gasteiger partial charge in [-0.15, -0.1) is 0 Å². The van der Waals surface area contributed by atoms with Gasteiger partial charge in [-0.05, 0) is 31.9 Å². The molecule has 0 saturated carbocycles. The lowest BCUT2D eigenvalue weighted by Crippen LogP contribution is -2.03. The van der Waals surface area contributed by atoms with Crippen molar-refractivity contribution in [3.63, 3.8) is 0 Å². The van der Waals surface area contributed by atoms with Crippen LogP contribution in [0.5, 0.6) is 0 Å². The molecule has 0 unspecified atom stereocenters. The minimum Gasteiger partial charge on any atom is -0.384 e. The van der Waals surface area contributed by atoms with Gasteiger partial charge in [-0.25, -0.2) is 4.68 Å². The highest BCUT2D eigenvalue weighted by Gasteiger charge is 2.07. The Balaban J connectivity index is 2.54. The topological polar surface area (TPSA) is 43.8 Å². The molecule has 1 aromatic rings. The van der Waals surface area contributed by atoms with Gasteiger partial charge in [-0.1, -0.05) is 18.2 Å². The van der Waals surface area contributed by atoms with E-state index in [0.717, 1.165) is 17.8 Å². The van der Waals surface area contributed by atoms with Crippen molar-refractivity contribution in [3.05, 3.63) is 41.6 Å². The Morgan fingerprint density at radius 1 is 1.27 bits per heavy atom. The molecule has 0 amide bonds. The third-order valence-corrected chi connectivity index (χ3v) is 2.41. The molecule has 2 rings (SSSR count). The molecular formula is C12H15N3. The van der Waals surface area contributed by atoms with Gasteiger partial charge in [0.2, 0.25) is 0 Å². The van der Waals surface area contributed by atoms with Crippen molar-refractivity contribution in [2.45, 2.75) is 20.3 Å². The fraction of sp³-hybridized carbons (Fsp3) is 0.250. The second kappa shape index (κ2) is 3.77. The molecule has 78 valence electrons. The lowest BCUT2D eigenvalue weighted by molar-refractivity contribution is 0.893. The van der Waals surface area contributed by atoms with E-state index in [2.05, 4.69) is 36.3 Å². The van der Waals surface area contributed by atoms with Gasteiger partial charge in [-0.3, -0.25) is 0 Å². The van der Waals surface area contributed by atoms with Crippen molar-refractivity contribution in [2.75, 3.05) is 5.73 Å². The Hall–Kier alpha value is -1.77. The van der Waals surface area contributed by atoms with Crippen molar-refractivity contribution in [1.29, 1.82) is 0 Å². The average Bonchev–Trinajstić information content (AvgIpc) is 2.39. The van der Waals surface area contributed by atoms with Gasteiger partial charge in [0.15, 0.2) is 0 Å². The van der Waals surface area contributed by atoms with Gasteiger partial charge in [0.1, 0.15) is 5.82 Å². The quantitative estimate of drug-likeness (QED) is 0.758. The van der Waals surface area contributed by atoms with Gasteiger partial charge in [-0.2, -0.15) is 5.10 Å². The molecule has 15 heavy (non-hydrogen) atoms. The number of hydrogen-bond donors (Lipinski definition) is 1. The number of nitrogens with two attached hydrogens (primary N) is 1. The summed E-state index contributed by atoms with van der Waals surface area (Å²) < 4.78 is 1.79. The van der Waals surface area contributed by atoms with Crippen molar-refractivity contribution in [1.82, 2.24) is 9.78 Å². The smallest absolute Gasteiger partial charge is 0.127 e. The second-order valence-corrected chi connectivity index (χ2v) is 3.73. The maximum absolute atomic E-state index is 5.89. The monoisotopic (exact) mass is 201 g/mol. The van der Waals surface area contributed by atoms with Crippen LogP contribution in [0.1, 0.15) is 19.0 Å². The van der Waals surface area contributed by atoms with Gasteiger partial charge < -0.3 is 5.73 Å². The van der Waals surface area contributed by atoms with E-state index in [1.807, 2.05) is 13.0 Å². The number of nitrogens with zero attached hydrogens (tertiary/aromatic N) is 2. The first-order chi connectivity index (χ1) is 7.18. The Labute approximate surface area is 89.6 Å². The fourth-order valence-electron chi connectivity index (χ4n) is 1.67. The lowest BCUT2D eigenvalue weighted by Gasteiger charge is -2.06. The van der Waals surface area contributed by atoms with Crippen LogP contribution in [0.15, 0.2) is 35.9 Å². The summed E-state index contributed by atoms with van der Waals surface area (Å²) in [6.45, 7) is 4.01. The number of nitrogen functional groups attached to an aromatic ring is 1. The first kappa shape index (κ1) is 9.77. The minimum atomic E-state index is 0.682. The highest BCUT2D eigenvalue weighted by molar-refractivity contribution is 5.67. The van der Waals surface area contributed by atoms with Crippen LogP contribution in [0.2, 0.25) is 0 Å². The van der Waals surface area contributed by atoms with Crippen LogP contribution >= 0.6 is 0 Å². The third kappa shape index (κ3) is 1.86. The molecule has 1 heterocycles. The number of aromatic nitrogens is 2. The van der Waals surface area contributed by atoms with E-state index >= 15 is 0 Å². The molecule has 3 heteroatoms. The standard InChI is InChI=1S/C12H15N3/c1-9-6-4-3-5-7-11(9)15-12(13)8-10(2)14-15/h4-8H,3,13H2,1-2H3. The maximum atomic E-state index is 5.89. The Morgan fingerprint density at radius 2 is 2.00 bits per heavy atom. The summed E-state index contributed by atoms with van der Waals surface area (Å²) in [5.74, 6) is 0.682. The molecule has 0 spiro atoms. The zero-order valence-corrected chi connectivity index (χ0v) is 9.07. The van der Waals surface area contributed by atoms with Crippen LogP contribution in [0.4, 0.5) is 5.82 Å². The minimum absolute atomic E-state index is 0.682. The SMILES string of the molecule is CC1=C(n2nc(C)cc2N)C=CCC=C1. The molecule has 1 aromatic heterocycles. The second-order valence-electron chi connectivity index (χ2n) is 3.73. The number of anilines is 1. The van der Waals surface area contributed by atoms with Crippen LogP contribution in [-0.4, -0.2) is 9.78 Å². The highest BCUT2D eigenvalue weighted by Crippen LogP contribution is 2.20. The largest absolute Gasteiger partial charge is 0.384 e. The Bertz CT molecular complexity index is 461. The molecule has 0 fully saturated rings. The van der Waals surface area contributed by atoms with Gasteiger partial charge >= 0.3 is 0 Å². The number of rotatable bonds is 1. The highest BCUT2D eigenvalue weighted by atomic mass is 15.3. The van der Waals surface area contributed by atoms with Gasteiger partial charge in [0, 0.05) is 6.07 Å². The van der Waals surface area contributed by atoms with E-state index in [1.165, 1.54) is 5.57 Å². The average molecular weight is 201 g/mol. The summed E-state index contributed by atoms with van der Waals surface area (Å²) in [5, 5.41) is 4.37. The molecular weight excluding hydrogens is 186 g/mol. The summed E-state index contributed by atoms with van der Waals surface area (Å²) in [6.07, 6.45) is 9.37. The summed E-state index contributed by atoms with van der Waals surface area (Å²) in [5.41, 5.74) is 9.06. The maximum Gasteiger partial charge on any atom is 0.127 e. The summed E-state index contributed by atoms with van der Waals surface area (Å²) in [7, 11) is 0. The van der Waals surface area contributed by atoms with Crippen LogP contribution in [0, 0.1) is 6.92 Å². The Morgan fingerprint density at radius 3 is 2.67 bits per heavy atom. The van der Waals surface area contributed by atoms with Gasteiger partial charge in [0.25, 0.3) is 0 Å². The van der Waals surface area contributed by atoms with E-state index in [4.69, 9.17) is 5.73 Å². The summed E-state index contributed by atoms with van der Waals surface area (Å²) in [4.78, 5) is 0. The first-order valence-electron chi connectivity index (χ1n) is 5.05. The molecule has 0 saturated heterocycles. The van der Waals surface area contributed by atoms with Crippen LogP contribution in [0.3, 0.4) is 0 Å². The molecule has 0 aliphatic heterocycles. The first-order valence-corrected chi connectivity index (χ1v) is 5.05. The zero-order valence-electron chi connectivity index (χ0n) is 9.07. The fourth-order valence-corrected chi connectivity index (χ4v) is 1.67. The molecule has 1 aliphatic rings. The van der Waals surface area contributed by atoms with Crippen molar-refractivity contribution < 1.29 is 0 Å². The summed E-state index contributed by atoms with van der Waals surface area (Å²) >= 11 is 0. The molecule has 2 N–H and O–H groups in total.